The number of amides is 1. The molecule has 1 amide bonds. The smallest absolute Gasteiger partial charge is 0.251 e. The number of fused-ring (bicyclic) bond motifs is 1. The first kappa shape index (κ1) is 19.0. The van der Waals surface area contributed by atoms with Crippen LogP contribution >= 0.6 is 0 Å². The van der Waals surface area contributed by atoms with Crippen LogP contribution in [-0.2, 0) is 0 Å². The van der Waals surface area contributed by atoms with Crippen LogP contribution in [0.5, 0.6) is 11.5 Å². The Kier molecular flexibility index (Phi) is 5.26. The molecule has 2 aromatic carbocycles. The van der Waals surface area contributed by atoms with E-state index in [0.29, 0.717) is 24.3 Å². The minimum Gasteiger partial charge on any atom is -0.489 e. The molecule has 0 radical (unpaired) electrons. The van der Waals surface area contributed by atoms with E-state index in [0.717, 1.165) is 22.4 Å². The topological polar surface area (TPSA) is 47.6 Å². The van der Waals surface area contributed by atoms with Crippen LogP contribution < -0.4 is 14.8 Å². The van der Waals surface area contributed by atoms with Crippen molar-refractivity contribution in [3.8, 4) is 11.5 Å². The first-order valence-electron chi connectivity index (χ1n) is 9.21. The van der Waals surface area contributed by atoms with E-state index in [1.54, 1.807) is 12.1 Å². The van der Waals surface area contributed by atoms with Gasteiger partial charge >= 0.3 is 0 Å². The second-order valence-electron chi connectivity index (χ2n) is 7.91. The molecule has 0 fully saturated rings. The SMILES string of the molecule is C=C(C)COc1cccc(C(=O)N[C@H]2CC(C)(C)Oc3ccc(C)cc32)c1. The molecule has 0 bridgehead atoms. The van der Waals surface area contributed by atoms with Gasteiger partial charge in [-0.3, -0.25) is 4.79 Å². The summed E-state index contributed by atoms with van der Waals surface area (Å²) in [5.41, 5.74) is 3.34. The minimum absolute atomic E-state index is 0.101. The van der Waals surface area contributed by atoms with E-state index in [2.05, 4.69) is 18.0 Å². The lowest BCUT2D eigenvalue weighted by Crippen LogP contribution is -2.41. The summed E-state index contributed by atoms with van der Waals surface area (Å²) >= 11 is 0. The Labute approximate surface area is 161 Å². The van der Waals surface area contributed by atoms with E-state index >= 15 is 0 Å². The van der Waals surface area contributed by atoms with Crippen LogP contribution in [0.15, 0.2) is 54.6 Å². The van der Waals surface area contributed by atoms with Gasteiger partial charge in [0.25, 0.3) is 5.91 Å². The largest absolute Gasteiger partial charge is 0.489 e. The molecule has 1 N–H and O–H groups in total. The molecule has 27 heavy (non-hydrogen) atoms. The fraction of sp³-hybridized carbons (Fsp3) is 0.348. The van der Waals surface area contributed by atoms with Gasteiger partial charge in [-0.05, 0) is 57.5 Å². The van der Waals surface area contributed by atoms with Crippen LogP contribution in [-0.4, -0.2) is 18.1 Å². The minimum atomic E-state index is -0.341. The molecule has 0 aromatic heterocycles. The van der Waals surface area contributed by atoms with Crippen molar-refractivity contribution >= 4 is 5.91 Å². The first-order chi connectivity index (χ1) is 12.7. The molecule has 0 unspecified atom stereocenters. The molecular weight excluding hydrogens is 338 g/mol. The second kappa shape index (κ2) is 7.47. The molecule has 0 saturated heterocycles. The molecule has 4 nitrogen and oxygen atoms in total. The van der Waals surface area contributed by atoms with Gasteiger partial charge in [-0.25, -0.2) is 0 Å². The number of benzene rings is 2. The third-order valence-corrected chi connectivity index (χ3v) is 4.51. The molecule has 1 aliphatic rings. The summed E-state index contributed by atoms with van der Waals surface area (Å²) in [4.78, 5) is 12.9. The van der Waals surface area contributed by atoms with Crippen molar-refractivity contribution < 1.29 is 14.3 Å². The van der Waals surface area contributed by atoms with Gasteiger partial charge in [-0.15, -0.1) is 0 Å². The zero-order valence-electron chi connectivity index (χ0n) is 16.5. The Morgan fingerprint density at radius 1 is 1.30 bits per heavy atom. The zero-order chi connectivity index (χ0) is 19.6. The Morgan fingerprint density at radius 3 is 2.81 bits per heavy atom. The maximum Gasteiger partial charge on any atom is 0.251 e. The second-order valence-corrected chi connectivity index (χ2v) is 7.91. The van der Waals surface area contributed by atoms with Gasteiger partial charge in [-0.1, -0.05) is 30.3 Å². The summed E-state index contributed by atoms with van der Waals surface area (Å²) in [5.74, 6) is 1.38. The molecule has 4 heteroatoms. The number of rotatable bonds is 5. The molecule has 0 aliphatic carbocycles. The number of carbonyl (C=O) groups excluding carboxylic acids is 1. The highest BCUT2D eigenvalue weighted by molar-refractivity contribution is 5.94. The third-order valence-electron chi connectivity index (χ3n) is 4.51. The van der Waals surface area contributed by atoms with Crippen LogP contribution in [0, 0.1) is 6.92 Å². The molecule has 142 valence electrons. The lowest BCUT2D eigenvalue weighted by atomic mass is 9.88. The molecule has 0 saturated carbocycles. The molecule has 3 rings (SSSR count). The van der Waals surface area contributed by atoms with Gasteiger partial charge in [0.15, 0.2) is 0 Å². The highest BCUT2D eigenvalue weighted by atomic mass is 16.5. The van der Waals surface area contributed by atoms with E-state index in [-0.39, 0.29) is 17.6 Å². The van der Waals surface area contributed by atoms with Gasteiger partial charge in [0.05, 0.1) is 6.04 Å². The van der Waals surface area contributed by atoms with Crippen LogP contribution in [0.4, 0.5) is 0 Å². The Morgan fingerprint density at radius 2 is 2.07 bits per heavy atom. The van der Waals surface area contributed by atoms with Crippen LogP contribution in [0.1, 0.15) is 54.7 Å². The average Bonchev–Trinajstić information content (AvgIpc) is 2.60. The molecule has 1 heterocycles. The third kappa shape index (κ3) is 4.70. The van der Waals surface area contributed by atoms with Crippen molar-refractivity contribution in [3.63, 3.8) is 0 Å². The maximum atomic E-state index is 12.9. The first-order valence-corrected chi connectivity index (χ1v) is 9.21. The van der Waals surface area contributed by atoms with Crippen LogP contribution in [0.25, 0.3) is 0 Å². The van der Waals surface area contributed by atoms with E-state index in [4.69, 9.17) is 9.47 Å². The van der Waals surface area contributed by atoms with Crippen LogP contribution in [0.2, 0.25) is 0 Å². The van der Waals surface area contributed by atoms with Crippen molar-refractivity contribution in [1.29, 1.82) is 0 Å². The quantitative estimate of drug-likeness (QED) is 0.760. The predicted molar refractivity (Wildman–Crippen MR) is 107 cm³/mol. The normalized spacial score (nSPS) is 17.4. The zero-order valence-corrected chi connectivity index (χ0v) is 16.5. The van der Waals surface area contributed by atoms with E-state index in [9.17, 15) is 4.79 Å². The summed E-state index contributed by atoms with van der Waals surface area (Å²) in [6, 6.07) is 13.2. The number of nitrogens with one attached hydrogen (secondary N) is 1. The number of hydrogen-bond donors (Lipinski definition) is 1. The number of hydrogen-bond acceptors (Lipinski definition) is 3. The predicted octanol–water partition coefficient (Wildman–Crippen LogP) is 4.98. The lowest BCUT2D eigenvalue weighted by molar-refractivity contribution is 0.0619. The van der Waals surface area contributed by atoms with E-state index < -0.39 is 0 Å². The summed E-state index contributed by atoms with van der Waals surface area (Å²) in [5, 5.41) is 3.17. The molecule has 1 atom stereocenters. The van der Waals surface area contributed by atoms with E-state index in [1.807, 2.05) is 52.0 Å². The Hall–Kier alpha value is -2.75. The molecule has 1 aliphatic heterocycles. The van der Waals surface area contributed by atoms with Gasteiger partial charge in [-0.2, -0.15) is 0 Å². The van der Waals surface area contributed by atoms with Crippen LogP contribution in [0.3, 0.4) is 0 Å². The van der Waals surface area contributed by atoms with Crippen molar-refractivity contribution in [3.05, 3.63) is 71.3 Å². The standard InChI is InChI=1S/C23H27NO3/c1-15(2)14-26-18-8-6-7-17(12-18)22(25)24-20-13-23(4,5)27-21-10-9-16(3)11-19(20)21/h6-12,20H,1,13-14H2,2-5H3,(H,24,25)/t20-/m0/s1. The monoisotopic (exact) mass is 365 g/mol. The number of aryl methyl sites for hydroxylation is 1. The van der Waals surface area contributed by atoms with Crippen molar-refractivity contribution in [2.75, 3.05) is 6.61 Å². The van der Waals surface area contributed by atoms with Gasteiger partial charge < -0.3 is 14.8 Å². The van der Waals surface area contributed by atoms with Crippen molar-refractivity contribution in [2.45, 2.75) is 45.8 Å². The van der Waals surface area contributed by atoms with Crippen molar-refractivity contribution in [1.82, 2.24) is 5.32 Å². The Bertz CT molecular complexity index is 870. The highest BCUT2D eigenvalue weighted by Crippen LogP contribution is 2.40. The molecule has 2 aromatic rings. The maximum absolute atomic E-state index is 12.9. The summed E-state index contributed by atoms with van der Waals surface area (Å²) in [7, 11) is 0. The fourth-order valence-electron chi connectivity index (χ4n) is 3.28. The average molecular weight is 365 g/mol. The molecule has 0 spiro atoms. The Balaban J connectivity index is 1.81. The molecular formula is C23H27NO3. The van der Waals surface area contributed by atoms with Gasteiger partial charge in [0.1, 0.15) is 23.7 Å². The van der Waals surface area contributed by atoms with Gasteiger partial charge in [0, 0.05) is 17.5 Å². The highest BCUT2D eigenvalue weighted by Gasteiger charge is 2.34. The lowest BCUT2D eigenvalue weighted by Gasteiger charge is -2.38. The number of ether oxygens (including phenoxy) is 2. The van der Waals surface area contributed by atoms with Crippen molar-refractivity contribution in [2.24, 2.45) is 0 Å². The summed E-state index contributed by atoms with van der Waals surface area (Å²) < 4.78 is 11.7. The number of carbonyl (C=O) groups is 1. The van der Waals surface area contributed by atoms with E-state index in [1.165, 1.54) is 0 Å². The summed E-state index contributed by atoms with van der Waals surface area (Å²) in [6.07, 6.45) is 0.709. The fourth-order valence-corrected chi connectivity index (χ4v) is 3.28. The van der Waals surface area contributed by atoms with Gasteiger partial charge in [0.2, 0.25) is 0 Å². The summed E-state index contributed by atoms with van der Waals surface area (Å²) in [6.45, 7) is 12.3.